The van der Waals surface area contributed by atoms with Gasteiger partial charge in [0.05, 0.1) is 6.61 Å². The summed E-state index contributed by atoms with van der Waals surface area (Å²) in [6, 6.07) is 3.51. The zero-order valence-corrected chi connectivity index (χ0v) is 9.90. The van der Waals surface area contributed by atoms with E-state index in [0.717, 1.165) is 11.1 Å². The first-order valence-corrected chi connectivity index (χ1v) is 5.36. The van der Waals surface area contributed by atoms with Crippen LogP contribution in [0.1, 0.15) is 24.0 Å². The molecule has 1 aromatic rings. The molecule has 0 heterocycles. The molecule has 0 aliphatic rings. The number of halogens is 3. The minimum absolute atomic E-state index is 0.0354. The molecule has 5 heteroatoms. The Morgan fingerprint density at radius 2 is 1.82 bits per heavy atom. The van der Waals surface area contributed by atoms with E-state index >= 15 is 0 Å². The zero-order chi connectivity index (χ0) is 13.1. The van der Waals surface area contributed by atoms with E-state index < -0.39 is 12.6 Å². The first-order chi connectivity index (χ1) is 7.79. The lowest BCUT2D eigenvalue weighted by Crippen LogP contribution is -2.10. The maximum absolute atomic E-state index is 11.9. The monoisotopic (exact) mass is 247 g/mol. The Balaban J connectivity index is 2.50. The van der Waals surface area contributed by atoms with Crippen LogP contribution in [-0.2, 0) is 0 Å². The molecular weight excluding hydrogens is 231 g/mol. The first-order valence-electron chi connectivity index (χ1n) is 5.36. The van der Waals surface area contributed by atoms with Gasteiger partial charge in [-0.05, 0) is 43.5 Å². The van der Waals surface area contributed by atoms with Gasteiger partial charge in [-0.2, -0.15) is 13.2 Å². The Morgan fingerprint density at radius 1 is 1.18 bits per heavy atom. The molecular formula is C12H16F3NO. The van der Waals surface area contributed by atoms with Gasteiger partial charge in [0, 0.05) is 12.1 Å². The smallest absolute Gasteiger partial charge is 0.389 e. The number of benzene rings is 1. The molecule has 0 bridgehead atoms. The normalized spacial score (nSPS) is 11.6. The molecule has 0 amide bonds. The topological polar surface area (TPSA) is 35.2 Å². The van der Waals surface area contributed by atoms with Crippen LogP contribution in [0.25, 0.3) is 0 Å². The van der Waals surface area contributed by atoms with Crippen molar-refractivity contribution in [3.63, 3.8) is 0 Å². The van der Waals surface area contributed by atoms with Gasteiger partial charge in [0.25, 0.3) is 0 Å². The number of anilines is 1. The van der Waals surface area contributed by atoms with Gasteiger partial charge in [0.1, 0.15) is 5.75 Å². The Labute approximate surface area is 98.6 Å². The summed E-state index contributed by atoms with van der Waals surface area (Å²) < 4.78 is 41.0. The van der Waals surface area contributed by atoms with Gasteiger partial charge in [-0.1, -0.05) is 0 Å². The maximum atomic E-state index is 11.9. The van der Waals surface area contributed by atoms with Crippen LogP contribution in [0.15, 0.2) is 12.1 Å². The van der Waals surface area contributed by atoms with Crippen LogP contribution in [0.2, 0.25) is 0 Å². The standard InChI is InChI=1S/C12H16F3NO/c1-8-7-11(9(2)6-10(8)16)17-5-3-4-12(13,14)15/h6-7H,3-5,16H2,1-2H3. The van der Waals surface area contributed by atoms with Crippen LogP contribution in [0.3, 0.4) is 0 Å². The Hall–Kier alpha value is -1.39. The van der Waals surface area contributed by atoms with Crippen molar-refractivity contribution in [2.75, 3.05) is 12.3 Å². The Bertz CT molecular complexity index is 388. The Kier molecular flexibility index (Phi) is 4.26. The molecule has 1 aromatic carbocycles. The molecule has 0 saturated carbocycles. The number of aryl methyl sites for hydroxylation is 2. The van der Waals surface area contributed by atoms with Crippen molar-refractivity contribution in [1.29, 1.82) is 0 Å². The van der Waals surface area contributed by atoms with Gasteiger partial charge in [-0.15, -0.1) is 0 Å². The lowest BCUT2D eigenvalue weighted by molar-refractivity contribution is -0.136. The highest BCUT2D eigenvalue weighted by Crippen LogP contribution is 2.25. The van der Waals surface area contributed by atoms with E-state index in [1.54, 1.807) is 12.1 Å². The lowest BCUT2D eigenvalue weighted by Gasteiger charge is -2.12. The third kappa shape index (κ3) is 4.54. The van der Waals surface area contributed by atoms with E-state index in [4.69, 9.17) is 10.5 Å². The van der Waals surface area contributed by atoms with E-state index in [9.17, 15) is 13.2 Å². The van der Waals surface area contributed by atoms with Gasteiger partial charge in [0.15, 0.2) is 0 Å². The van der Waals surface area contributed by atoms with Crippen molar-refractivity contribution in [1.82, 2.24) is 0 Å². The fraction of sp³-hybridized carbons (Fsp3) is 0.500. The Morgan fingerprint density at radius 3 is 2.41 bits per heavy atom. The molecule has 0 unspecified atom stereocenters. The summed E-state index contributed by atoms with van der Waals surface area (Å²) >= 11 is 0. The van der Waals surface area contributed by atoms with E-state index in [2.05, 4.69) is 0 Å². The molecule has 96 valence electrons. The molecule has 2 nitrogen and oxygen atoms in total. The highest BCUT2D eigenvalue weighted by atomic mass is 19.4. The molecule has 0 radical (unpaired) electrons. The van der Waals surface area contributed by atoms with Crippen LogP contribution in [0.5, 0.6) is 5.75 Å². The molecule has 0 aliphatic heterocycles. The summed E-state index contributed by atoms with van der Waals surface area (Å²) in [4.78, 5) is 0. The van der Waals surface area contributed by atoms with Crippen LogP contribution >= 0.6 is 0 Å². The van der Waals surface area contributed by atoms with Gasteiger partial charge < -0.3 is 10.5 Å². The van der Waals surface area contributed by atoms with E-state index in [0.29, 0.717) is 11.4 Å². The summed E-state index contributed by atoms with van der Waals surface area (Å²) in [5, 5.41) is 0. The van der Waals surface area contributed by atoms with Gasteiger partial charge in [-0.25, -0.2) is 0 Å². The van der Waals surface area contributed by atoms with Crippen molar-refractivity contribution in [3.8, 4) is 5.75 Å². The van der Waals surface area contributed by atoms with Crippen LogP contribution < -0.4 is 10.5 Å². The van der Waals surface area contributed by atoms with Crippen molar-refractivity contribution in [3.05, 3.63) is 23.3 Å². The SMILES string of the molecule is Cc1cc(OCCCC(F)(F)F)c(C)cc1N. The van der Waals surface area contributed by atoms with Crippen LogP contribution in [-0.4, -0.2) is 12.8 Å². The number of nitrogen functional groups attached to an aromatic ring is 1. The minimum Gasteiger partial charge on any atom is -0.493 e. The van der Waals surface area contributed by atoms with E-state index in [1.807, 2.05) is 13.8 Å². The molecule has 0 fully saturated rings. The maximum Gasteiger partial charge on any atom is 0.389 e. The molecule has 0 saturated heterocycles. The first kappa shape index (κ1) is 13.7. The number of hydrogen-bond acceptors (Lipinski definition) is 2. The number of hydrogen-bond donors (Lipinski definition) is 1. The quantitative estimate of drug-likeness (QED) is 0.651. The highest BCUT2D eigenvalue weighted by Gasteiger charge is 2.26. The molecule has 0 aromatic heterocycles. The predicted molar refractivity (Wildman–Crippen MR) is 61.1 cm³/mol. The minimum atomic E-state index is -4.12. The molecule has 1 rings (SSSR count). The second-order valence-electron chi connectivity index (χ2n) is 4.04. The average Bonchev–Trinajstić information content (AvgIpc) is 2.18. The fourth-order valence-corrected chi connectivity index (χ4v) is 1.42. The second-order valence-corrected chi connectivity index (χ2v) is 4.04. The number of alkyl halides is 3. The summed E-state index contributed by atoms with van der Waals surface area (Å²) in [7, 11) is 0. The summed E-state index contributed by atoms with van der Waals surface area (Å²) in [5.74, 6) is 0.596. The zero-order valence-electron chi connectivity index (χ0n) is 9.90. The van der Waals surface area contributed by atoms with Crippen molar-refractivity contribution < 1.29 is 17.9 Å². The van der Waals surface area contributed by atoms with E-state index in [1.165, 1.54) is 0 Å². The van der Waals surface area contributed by atoms with Crippen molar-refractivity contribution in [2.45, 2.75) is 32.9 Å². The second kappa shape index (κ2) is 5.29. The number of ether oxygens (including phenoxy) is 1. The number of rotatable bonds is 4. The lowest BCUT2D eigenvalue weighted by atomic mass is 10.1. The molecule has 0 spiro atoms. The molecule has 0 atom stereocenters. The molecule has 17 heavy (non-hydrogen) atoms. The highest BCUT2D eigenvalue weighted by molar-refractivity contribution is 5.53. The van der Waals surface area contributed by atoms with Gasteiger partial charge in [-0.3, -0.25) is 0 Å². The molecule has 0 aliphatic carbocycles. The van der Waals surface area contributed by atoms with Crippen molar-refractivity contribution >= 4 is 5.69 Å². The van der Waals surface area contributed by atoms with Gasteiger partial charge >= 0.3 is 6.18 Å². The van der Waals surface area contributed by atoms with Crippen LogP contribution in [0.4, 0.5) is 18.9 Å². The van der Waals surface area contributed by atoms with Crippen LogP contribution in [0, 0.1) is 13.8 Å². The van der Waals surface area contributed by atoms with Gasteiger partial charge in [0.2, 0.25) is 0 Å². The van der Waals surface area contributed by atoms with E-state index in [-0.39, 0.29) is 13.0 Å². The fourth-order valence-electron chi connectivity index (χ4n) is 1.42. The molecule has 2 N–H and O–H groups in total. The summed E-state index contributed by atoms with van der Waals surface area (Å²) in [6.45, 7) is 3.70. The largest absolute Gasteiger partial charge is 0.493 e. The predicted octanol–water partition coefficient (Wildman–Crippen LogP) is 3.61. The third-order valence-corrected chi connectivity index (χ3v) is 2.43. The summed E-state index contributed by atoms with van der Waals surface area (Å²) in [5.41, 5.74) is 8.05. The third-order valence-electron chi connectivity index (χ3n) is 2.43. The summed E-state index contributed by atoms with van der Waals surface area (Å²) in [6.07, 6.45) is -4.97. The number of nitrogens with two attached hydrogens (primary N) is 1. The average molecular weight is 247 g/mol. The van der Waals surface area contributed by atoms with Crippen molar-refractivity contribution in [2.24, 2.45) is 0 Å².